The van der Waals surface area contributed by atoms with Crippen molar-refractivity contribution in [3.63, 3.8) is 0 Å². The maximum atomic E-state index is 3.57. The highest BCUT2D eigenvalue weighted by Crippen LogP contribution is 2.10. The van der Waals surface area contributed by atoms with E-state index in [1.54, 1.807) is 9.80 Å². The van der Waals surface area contributed by atoms with E-state index in [0.29, 0.717) is 0 Å². The van der Waals surface area contributed by atoms with E-state index in [1.807, 2.05) is 0 Å². The van der Waals surface area contributed by atoms with Crippen molar-refractivity contribution >= 4 is 15.9 Å². The summed E-state index contributed by atoms with van der Waals surface area (Å²) in [6, 6.07) is 17.9. The van der Waals surface area contributed by atoms with Crippen LogP contribution in [0.1, 0.15) is 23.6 Å². The summed E-state index contributed by atoms with van der Waals surface area (Å²) in [5.74, 6) is 0. The Morgan fingerprint density at radius 1 is 0.783 bits per heavy atom. The Hall–Kier alpha value is -1.16. The Morgan fingerprint density at radius 3 is 1.91 bits per heavy atom. The van der Waals surface area contributed by atoms with E-state index in [0.717, 1.165) is 13.0 Å². The molecule has 1 saturated heterocycles. The van der Waals surface area contributed by atoms with E-state index < -0.39 is 0 Å². The van der Waals surface area contributed by atoms with Crippen molar-refractivity contribution in [3.8, 4) is 0 Å². The Morgan fingerprint density at radius 2 is 1.35 bits per heavy atom. The lowest BCUT2D eigenvalue weighted by Gasteiger charge is -2.29. The van der Waals surface area contributed by atoms with E-state index in [-0.39, 0.29) is 0 Å². The molecule has 3 heteroatoms. The third kappa shape index (κ3) is 4.90. The van der Waals surface area contributed by atoms with Gasteiger partial charge in [0.15, 0.2) is 0 Å². The van der Waals surface area contributed by atoms with Crippen LogP contribution in [0.5, 0.6) is 0 Å². The molecule has 0 saturated carbocycles. The lowest BCUT2D eigenvalue weighted by Crippen LogP contribution is -3.27. The molecule has 0 spiro atoms. The molecule has 0 unspecified atom stereocenters. The largest absolute Gasteiger partial charge is 0.322 e. The van der Waals surface area contributed by atoms with Crippen molar-refractivity contribution in [1.82, 2.24) is 0 Å². The number of benzene rings is 2. The molecule has 2 nitrogen and oxygen atoms in total. The van der Waals surface area contributed by atoms with Crippen molar-refractivity contribution in [2.45, 2.75) is 26.4 Å². The summed E-state index contributed by atoms with van der Waals surface area (Å²) < 4.78 is 1.19. The highest BCUT2D eigenvalue weighted by molar-refractivity contribution is 9.10. The highest BCUT2D eigenvalue weighted by atomic mass is 79.9. The summed E-state index contributed by atoms with van der Waals surface area (Å²) in [5.41, 5.74) is 4.35. The zero-order chi connectivity index (χ0) is 16.1. The second kappa shape index (κ2) is 8.09. The fourth-order valence-electron chi connectivity index (χ4n) is 3.43. The summed E-state index contributed by atoms with van der Waals surface area (Å²) in [5, 5.41) is 0. The predicted octanol–water partition coefficient (Wildman–Crippen LogP) is 1.50. The topological polar surface area (TPSA) is 8.88 Å². The van der Waals surface area contributed by atoms with E-state index in [4.69, 9.17) is 0 Å². The van der Waals surface area contributed by atoms with E-state index >= 15 is 0 Å². The molecule has 0 aliphatic carbocycles. The Labute approximate surface area is 148 Å². The first-order valence-electron chi connectivity index (χ1n) is 8.72. The average molecular weight is 375 g/mol. The van der Waals surface area contributed by atoms with Crippen LogP contribution < -0.4 is 9.80 Å². The first-order valence-corrected chi connectivity index (χ1v) is 9.51. The SMILES string of the molecule is CCc1ccc(C[NH+]2CC[NH+](Cc3cccc(Br)c3)CC2)cc1. The van der Waals surface area contributed by atoms with Gasteiger partial charge in [-0.2, -0.15) is 0 Å². The molecule has 0 aromatic heterocycles. The van der Waals surface area contributed by atoms with Crippen LogP contribution in [-0.2, 0) is 19.5 Å². The number of rotatable bonds is 5. The monoisotopic (exact) mass is 374 g/mol. The molecule has 1 aliphatic heterocycles. The molecule has 2 aromatic carbocycles. The van der Waals surface area contributed by atoms with E-state index in [1.165, 1.54) is 53.9 Å². The van der Waals surface area contributed by atoms with Crippen LogP contribution >= 0.6 is 15.9 Å². The second-order valence-corrected chi connectivity index (χ2v) is 7.57. The van der Waals surface area contributed by atoms with Crippen molar-refractivity contribution in [3.05, 3.63) is 69.7 Å². The Balaban J connectivity index is 1.48. The first-order chi connectivity index (χ1) is 11.2. The molecule has 0 bridgehead atoms. The molecule has 23 heavy (non-hydrogen) atoms. The van der Waals surface area contributed by atoms with Gasteiger partial charge in [0.1, 0.15) is 39.3 Å². The van der Waals surface area contributed by atoms with Gasteiger partial charge in [-0.15, -0.1) is 0 Å². The van der Waals surface area contributed by atoms with Crippen LogP contribution in [0, 0.1) is 0 Å². The number of nitrogens with one attached hydrogen (secondary N) is 2. The van der Waals surface area contributed by atoms with Gasteiger partial charge in [0.25, 0.3) is 0 Å². The summed E-state index contributed by atoms with van der Waals surface area (Å²) in [6.45, 7) is 9.64. The van der Waals surface area contributed by atoms with Gasteiger partial charge in [-0.3, -0.25) is 0 Å². The lowest BCUT2D eigenvalue weighted by molar-refractivity contribution is -1.02. The molecular formula is C20H27BrN2+2. The Kier molecular flexibility index (Phi) is 5.87. The van der Waals surface area contributed by atoms with Gasteiger partial charge in [0.05, 0.1) is 0 Å². The first kappa shape index (κ1) is 16.7. The van der Waals surface area contributed by atoms with Gasteiger partial charge in [0.2, 0.25) is 0 Å². The number of hydrogen-bond acceptors (Lipinski definition) is 0. The summed E-state index contributed by atoms with van der Waals surface area (Å²) in [4.78, 5) is 3.44. The molecule has 0 radical (unpaired) electrons. The second-order valence-electron chi connectivity index (χ2n) is 6.65. The zero-order valence-corrected chi connectivity index (χ0v) is 15.5. The van der Waals surface area contributed by atoms with E-state index in [9.17, 15) is 0 Å². The smallest absolute Gasteiger partial charge is 0.127 e. The van der Waals surface area contributed by atoms with Crippen LogP contribution in [0.25, 0.3) is 0 Å². The average Bonchev–Trinajstić information content (AvgIpc) is 2.57. The third-order valence-corrected chi connectivity index (χ3v) is 5.39. The van der Waals surface area contributed by atoms with Crippen molar-refractivity contribution in [2.24, 2.45) is 0 Å². The summed E-state index contributed by atoms with van der Waals surface area (Å²) in [7, 11) is 0. The Bertz CT molecular complexity index is 616. The number of hydrogen-bond donors (Lipinski definition) is 2. The van der Waals surface area contributed by atoms with Crippen LogP contribution in [0.4, 0.5) is 0 Å². The molecule has 122 valence electrons. The highest BCUT2D eigenvalue weighted by Gasteiger charge is 2.23. The van der Waals surface area contributed by atoms with Gasteiger partial charge in [0, 0.05) is 15.6 Å². The number of piperazine rings is 1. The third-order valence-electron chi connectivity index (χ3n) is 4.89. The molecule has 0 atom stereocenters. The fraction of sp³-hybridized carbons (Fsp3) is 0.400. The maximum Gasteiger partial charge on any atom is 0.127 e. The van der Waals surface area contributed by atoms with Crippen molar-refractivity contribution in [2.75, 3.05) is 26.2 Å². The predicted molar refractivity (Wildman–Crippen MR) is 98.8 cm³/mol. The van der Waals surface area contributed by atoms with Crippen molar-refractivity contribution in [1.29, 1.82) is 0 Å². The minimum atomic E-state index is 1.13. The molecule has 1 aliphatic rings. The summed E-state index contributed by atoms with van der Waals surface area (Å²) in [6.07, 6.45) is 1.13. The molecular weight excluding hydrogens is 348 g/mol. The molecule has 1 heterocycles. The zero-order valence-electron chi connectivity index (χ0n) is 13.9. The molecule has 0 amide bonds. The van der Waals surface area contributed by atoms with Gasteiger partial charge >= 0.3 is 0 Å². The van der Waals surface area contributed by atoms with Gasteiger partial charge in [-0.25, -0.2) is 0 Å². The van der Waals surface area contributed by atoms with Gasteiger partial charge < -0.3 is 9.80 Å². The quantitative estimate of drug-likeness (QED) is 0.784. The van der Waals surface area contributed by atoms with Gasteiger partial charge in [-0.05, 0) is 24.1 Å². The molecule has 2 N–H and O–H groups in total. The lowest BCUT2D eigenvalue weighted by atomic mass is 10.1. The maximum absolute atomic E-state index is 3.57. The van der Waals surface area contributed by atoms with Crippen LogP contribution in [0.2, 0.25) is 0 Å². The summed E-state index contributed by atoms with van der Waals surface area (Å²) >= 11 is 3.57. The molecule has 3 rings (SSSR count). The van der Waals surface area contributed by atoms with Crippen LogP contribution in [0.15, 0.2) is 53.0 Å². The minimum absolute atomic E-state index is 1.13. The standard InChI is InChI=1S/C20H25BrN2/c1-2-17-6-8-18(9-7-17)15-22-10-12-23(13-11-22)16-19-4-3-5-20(21)14-19/h3-9,14H,2,10-13,15-16H2,1H3/p+2. The normalized spacial score (nSPS) is 21.3. The minimum Gasteiger partial charge on any atom is -0.322 e. The fourth-order valence-corrected chi connectivity index (χ4v) is 3.87. The number of aryl methyl sites for hydroxylation is 1. The molecule has 2 aromatic rings. The number of quaternary nitrogens is 2. The van der Waals surface area contributed by atoms with E-state index in [2.05, 4.69) is 71.4 Å². The van der Waals surface area contributed by atoms with Crippen LogP contribution in [-0.4, -0.2) is 26.2 Å². The van der Waals surface area contributed by atoms with Gasteiger partial charge in [-0.1, -0.05) is 59.3 Å². The van der Waals surface area contributed by atoms with Crippen molar-refractivity contribution < 1.29 is 9.80 Å². The number of halogens is 1. The molecule has 1 fully saturated rings. The van der Waals surface area contributed by atoms with Crippen LogP contribution in [0.3, 0.4) is 0 Å².